The van der Waals surface area contributed by atoms with E-state index in [-0.39, 0.29) is 17.2 Å². The number of hydrogen-bond donors (Lipinski definition) is 1. The molecule has 2 aromatic carbocycles. The van der Waals surface area contributed by atoms with E-state index in [4.69, 9.17) is 0 Å². The Hall–Kier alpha value is -2.36. The molecule has 32 heavy (non-hydrogen) atoms. The molecule has 0 unspecified atom stereocenters. The Morgan fingerprint density at radius 1 is 1.16 bits per heavy atom. The Morgan fingerprint density at radius 2 is 1.91 bits per heavy atom. The first-order valence-electron chi connectivity index (χ1n) is 10.3. The van der Waals surface area contributed by atoms with Gasteiger partial charge in [0.1, 0.15) is 5.37 Å². The summed E-state index contributed by atoms with van der Waals surface area (Å²) in [6, 6.07) is 17.4. The molecule has 9 heteroatoms. The van der Waals surface area contributed by atoms with Gasteiger partial charge in [-0.2, -0.15) is 0 Å². The van der Waals surface area contributed by atoms with Crippen LogP contribution in [0.3, 0.4) is 0 Å². The number of nitrogens with zero attached hydrogens (tertiary/aromatic N) is 3. The summed E-state index contributed by atoms with van der Waals surface area (Å²) in [6.45, 7) is 4.89. The second kappa shape index (κ2) is 10.5. The van der Waals surface area contributed by atoms with Gasteiger partial charge in [0.25, 0.3) is 5.91 Å². The number of anilines is 1. The van der Waals surface area contributed by atoms with Crippen LogP contribution in [0.15, 0.2) is 58.9 Å². The molecule has 0 radical (unpaired) electrons. The normalized spacial score (nSPS) is 16.0. The van der Waals surface area contributed by atoms with E-state index < -0.39 is 0 Å². The van der Waals surface area contributed by atoms with Crippen LogP contribution in [-0.4, -0.2) is 38.4 Å². The minimum atomic E-state index is -0.218. The summed E-state index contributed by atoms with van der Waals surface area (Å²) in [4.78, 5) is 27.0. The maximum atomic E-state index is 12.6. The van der Waals surface area contributed by atoms with E-state index in [1.54, 1.807) is 35.7 Å². The second-order valence-corrected chi connectivity index (χ2v) is 11.1. The number of thioether (sulfide) groups is 2. The van der Waals surface area contributed by atoms with Gasteiger partial charge in [-0.3, -0.25) is 14.9 Å². The molecule has 1 aromatic heterocycles. The molecule has 4 rings (SSSR count). The molecule has 3 aromatic rings. The van der Waals surface area contributed by atoms with Gasteiger partial charge in [0.2, 0.25) is 11.0 Å². The summed E-state index contributed by atoms with van der Waals surface area (Å²) in [5, 5.41) is 11.5. The molecule has 166 valence electrons. The zero-order chi connectivity index (χ0) is 22.5. The third kappa shape index (κ3) is 5.70. The number of amides is 2. The molecule has 1 atom stereocenters. The van der Waals surface area contributed by atoms with E-state index in [0.717, 1.165) is 21.2 Å². The summed E-state index contributed by atoms with van der Waals surface area (Å²) in [6.07, 6.45) is 0. The van der Waals surface area contributed by atoms with Crippen LogP contribution in [0.25, 0.3) is 0 Å². The fourth-order valence-corrected chi connectivity index (χ4v) is 6.12. The first-order valence-corrected chi connectivity index (χ1v) is 13.2. The Morgan fingerprint density at radius 3 is 2.62 bits per heavy atom. The van der Waals surface area contributed by atoms with E-state index in [2.05, 4.69) is 29.4 Å². The van der Waals surface area contributed by atoms with Crippen molar-refractivity contribution in [1.29, 1.82) is 0 Å². The zero-order valence-corrected chi connectivity index (χ0v) is 20.3. The topological polar surface area (TPSA) is 75.2 Å². The SMILES string of the molecule is CC(C)CSc1nnc(NC(=O)c2ccc([C@H]3SCC(=O)N3Cc3ccccc3)cc2)s1. The van der Waals surface area contributed by atoms with Crippen molar-refractivity contribution < 1.29 is 9.59 Å². The van der Waals surface area contributed by atoms with E-state index >= 15 is 0 Å². The highest BCUT2D eigenvalue weighted by Crippen LogP contribution is 2.39. The molecule has 1 aliphatic heterocycles. The fourth-order valence-electron chi connectivity index (χ4n) is 3.21. The Labute approximate surface area is 200 Å². The van der Waals surface area contributed by atoms with Gasteiger partial charge in [0.05, 0.1) is 5.75 Å². The molecule has 2 amide bonds. The van der Waals surface area contributed by atoms with E-state index in [0.29, 0.717) is 28.9 Å². The van der Waals surface area contributed by atoms with Crippen molar-refractivity contribution in [2.45, 2.75) is 30.1 Å². The van der Waals surface area contributed by atoms with Crippen LogP contribution in [0.5, 0.6) is 0 Å². The minimum absolute atomic E-state index is 0.0523. The highest BCUT2D eigenvalue weighted by Gasteiger charge is 2.32. The Kier molecular flexibility index (Phi) is 7.49. The Balaban J connectivity index is 1.40. The van der Waals surface area contributed by atoms with Crippen LogP contribution in [-0.2, 0) is 11.3 Å². The number of benzene rings is 2. The molecular formula is C23H24N4O2S3. The van der Waals surface area contributed by atoms with Gasteiger partial charge < -0.3 is 4.90 Å². The van der Waals surface area contributed by atoms with Gasteiger partial charge in [0, 0.05) is 17.9 Å². The van der Waals surface area contributed by atoms with Gasteiger partial charge in [-0.15, -0.1) is 22.0 Å². The molecule has 1 fully saturated rings. The van der Waals surface area contributed by atoms with Crippen molar-refractivity contribution >= 4 is 51.8 Å². The fraction of sp³-hybridized carbons (Fsp3) is 0.304. The Bertz CT molecular complexity index is 1070. The monoisotopic (exact) mass is 484 g/mol. The molecule has 2 heterocycles. The van der Waals surface area contributed by atoms with Crippen molar-refractivity contribution in [3.05, 3.63) is 71.3 Å². The number of rotatable bonds is 8. The lowest BCUT2D eigenvalue weighted by Gasteiger charge is -2.24. The molecule has 1 saturated heterocycles. The van der Waals surface area contributed by atoms with E-state index in [1.165, 1.54) is 11.3 Å². The molecule has 1 aliphatic rings. The average molecular weight is 485 g/mol. The maximum absolute atomic E-state index is 12.6. The number of carbonyl (C=O) groups excluding carboxylic acids is 2. The zero-order valence-electron chi connectivity index (χ0n) is 17.9. The summed E-state index contributed by atoms with van der Waals surface area (Å²) in [5.74, 6) is 1.91. The molecular weight excluding hydrogens is 460 g/mol. The maximum Gasteiger partial charge on any atom is 0.257 e. The van der Waals surface area contributed by atoms with Crippen molar-refractivity contribution in [3.63, 3.8) is 0 Å². The lowest BCUT2D eigenvalue weighted by Crippen LogP contribution is -2.27. The average Bonchev–Trinajstić information content (AvgIpc) is 3.39. The number of aromatic nitrogens is 2. The third-order valence-electron chi connectivity index (χ3n) is 4.79. The molecule has 0 spiro atoms. The van der Waals surface area contributed by atoms with Crippen LogP contribution in [0, 0.1) is 5.92 Å². The van der Waals surface area contributed by atoms with Gasteiger partial charge in [-0.05, 0) is 29.2 Å². The smallest absolute Gasteiger partial charge is 0.257 e. The molecule has 0 bridgehead atoms. The summed E-state index contributed by atoms with van der Waals surface area (Å²) in [7, 11) is 0. The first kappa shape index (κ1) is 22.8. The van der Waals surface area contributed by atoms with Crippen LogP contribution in [0.4, 0.5) is 5.13 Å². The van der Waals surface area contributed by atoms with Crippen molar-refractivity contribution in [2.75, 3.05) is 16.8 Å². The van der Waals surface area contributed by atoms with Crippen LogP contribution < -0.4 is 5.32 Å². The quantitative estimate of drug-likeness (QED) is 0.345. The van der Waals surface area contributed by atoms with E-state index in [9.17, 15) is 9.59 Å². The summed E-state index contributed by atoms with van der Waals surface area (Å²) in [5.41, 5.74) is 2.66. The van der Waals surface area contributed by atoms with Crippen molar-refractivity contribution in [2.24, 2.45) is 5.92 Å². The number of carbonyl (C=O) groups is 2. The highest BCUT2D eigenvalue weighted by atomic mass is 32.2. The van der Waals surface area contributed by atoms with Crippen LogP contribution in [0.2, 0.25) is 0 Å². The lowest BCUT2D eigenvalue weighted by atomic mass is 10.1. The summed E-state index contributed by atoms with van der Waals surface area (Å²) < 4.78 is 0.853. The van der Waals surface area contributed by atoms with Crippen molar-refractivity contribution in [1.82, 2.24) is 15.1 Å². The molecule has 0 aliphatic carbocycles. The number of nitrogens with one attached hydrogen (secondary N) is 1. The lowest BCUT2D eigenvalue weighted by molar-refractivity contribution is -0.128. The predicted molar refractivity (Wildman–Crippen MR) is 132 cm³/mol. The van der Waals surface area contributed by atoms with Crippen LogP contribution in [0.1, 0.15) is 40.7 Å². The third-order valence-corrected chi connectivity index (χ3v) is 8.44. The molecule has 6 nitrogen and oxygen atoms in total. The van der Waals surface area contributed by atoms with Gasteiger partial charge in [-0.25, -0.2) is 0 Å². The van der Waals surface area contributed by atoms with Gasteiger partial charge in [-0.1, -0.05) is 79.4 Å². The first-order chi connectivity index (χ1) is 15.5. The van der Waals surface area contributed by atoms with Crippen molar-refractivity contribution in [3.8, 4) is 0 Å². The molecule has 1 N–H and O–H groups in total. The second-order valence-electron chi connectivity index (χ2n) is 7.82. The minimum Gasteiger partial charge on any atom is -0.322 e. The van der Waals surface area contributed by atoms with Crippen LogP contribution >= 0.6 is 34.9 Å². The van der Waals surface area contributed by atoms with Gasteiger partial charge >= 0.3 is 0 Å². The van der Waals surface area contributed by atoms with Gasteiger partial charge in [0.15, 0.2) is 4.34 Å². The van der Waals surface area contributed by atoms with E-state index in [1.807, 2.05) is 47.4 Å². The predicted octanol–water partition coefficient (Wildman–Crippen LogP) is 5.31. The standard InChI is InChI=1S/C23H24N4O2S3/c1-15(2)13-31-23-26-25-22(32-23)24-20(29)17-8-10-18(11-9-17)21-27(19(28)14-30-21)12-16-6-4-3-5-7-16/h3-11,15,21H,12-14H2,1-2H3,(H,24,25,29)/t21-/m1/s1. The number of hydrogen-bond acceptors (Lipinski definition) is 7. The summed E-state index contributed by atoms with van der Waals surface area (Å²) >= 11 is 4.65. The molecule has 0 saturated carbocycles. The highest BCUT2D eigenvalue weighted by molar-refractivity contribution is 8.01. The largest absolute Gasteiger partial charge is 0.322 e.